The van der Waals surface area contributed by atoms with Crippen LogP contribution in [0.5, 0.6) is 0 Å². The highest BCUT2D eigenvalue weighted by atomic mass is 32.1. The predicted octanol–water partition coefficient (Wildman–Crippen LogP) is 0.652. The smallest absolute Gasteiger partial charge is 0.227 e. The van der Waals surface area contributed by atoms with Gasteiger partial charge in [-0.25, -0.2) is 0 Å². The minimum atomic E-state index is -0.388. The predicted molar refractivity (Wildman–Crippen MR) is 89.2 cm³/mol. The molecule has 0 saturated carbocycles. The summed E-state index contributed by atoms with van der Waals surface area (Å²) in [5.41, 5.74) is 0. The van der Waals surface area contributed by atoms with Gasteiger partial charge < -0.3 is 15.1 Å². The van der Waals surface area contributed by atoms with Crippen molar-refractivity contribution in [2.45, 2.75) is 20.3 Å². The molecular weight excluding hydrogens is 314 g/mol. The Morgan fingerprint density at radius 2 is 1.87 bits per heavy atom. The number of nitrogens with one attached hydrogen (secondary N) is 1. The van der Waals surface area contributed by atoms with Gasteiger partial charge in [0.25, 0.3) is 0 Å². The lowest BCUT2D eigenvalue weighted by molar-refractivity contribution is -0.132. The molecule has 6 nitrogen and oxygen atoms in total. The molecule has 1 fully saturated rings. The largest absolute Gasteiger partial charge is 0.359 e. The fraction of sp³-hybridized carbons (Fsp3) is 0.562. The summed E-state index contributed by atoms with van der Waals surface area (Å²) in [6.07, 6.45) is 0.346. The maximum atomic E-state index is 12.6. The molecule has 1 atom stereocenters. The Morgan fingerprint density at radius 1 is 1.22 bits per heavy atom. The van der Waals surface area contributed by atoms with Gasteiger partial charge in [-0.15, -0.1) is 11.3 Å². The molecule has 0 bridgehead atoms. The van der Waals surface area contributed by atoms with Crippen molar-refractivity contribution < 1.29 is 14.4 Å². The second kappa shape index (κ2) is 7.59. The summed E-state index contributed by atoms with van der Waals surface area (Å²) in [4.78, 5) is 41.8. The summed E-state index contributed by atoms with van der Waals surface area (Å²) < 4.78 is 0. The van der Waals surface area contributed by atoms with Gasteiger partial charge in [-0.3, -0.25) is 14.4 Å². The van der Waals surface area contributed by atoms with Crippen molar-refractivity contribution in [3.05, 3.63) is 21.9 Å². The van der Waals surface area contributed by atoms with E-state index in [1.807, 2.05) is 19.1 Å². The van der Waals surface area contributed by atoms with Gasteiger partial charge in [0.15, 0.2) is 0 Å². The third kappa shape index (κ3) is 4.54. The SMILES string of the molecule is CNC(=O)[C@@H]1CN(C(C)=O)CCN(C(=O)Cc2ccc(C)s2)C1. The molecule has 1 aliphatic heterocycles. The van der Waals surface area contributed by atoms with Crippen LogP contribution in [0.3, 0.4) is 0 Å². The van der Waals surface area contributed by atoms with E-state index in [-0.39, 0.29) is 23.6 Å². The van der Waals surface area contributed by atoms with Gasteiger partial charge >= 0.3 is 0 Å². The Bertz CT molecular complexity index is 599. The van der Waals surface area contributed by atoms with E-state index in [9.17, 15) is 14.4 Å². The zero-order chi connectivity index (χ0) is 17.0. The quantitative estimate of drug-likeness (QED) is 0.880. The third-order valence-corrected chi connectivity index (χ3v) is 5.06. The zero-order valence-electron chi connectivity index (χ0n) is 13.8. The maximum Gasteiger partial charge on any atom is 0.227 e. The molecule has 7 heteroatoms. The molecule has 126 valence electrons. The topological polar surface area (TPSA) is 69.7 Å². The zero-order valence-corrected chi connectivity index (χ0v) is 14.6. The molecule has 1 saturated heterocycles. The summed E-state index contributed by atoms with van der Waals surface area (Å²) >= 11 is 1.61. The summed E-state index contributed by atoms with van der Waals surface area (Å²) in [6.45, 7) is 5.15. The Hall–Kier alpha value is -1.89. The number of thiophene rings is 1. The van der Waals surface area contributed by atoms with Crippen LogP contribution in [0.15, 0.2) is 12.1 Å². The number of nitrogens with zero attached hydrogens (tertiary/aromatic N) is 2. The van der Waals surface area contributed by atoms with Crippen LogP contribution in [-0.4, -0.2) is 60.7 Å². The number of hydrogen-bond acceptors (Lipinski definition) is 4. The van der Waals surface area contributed by atoms with Gasteiger partial charge in [-0.1, -0.05) is 0 Å². The molecule has 1 aromatic heterocycles. The first-order chi connectivity index (χ1) is 10.9. The van der Waals surface area contributed by atoms with Crippen molar-refractivity contribution in [1.82, 2.24) is 15.1 Å². The first kappa shape index (κ1) is 17.5. The lowest BCUT2D eigenvalue weighted by Gasteiger charge is -2.23. The lowest BCUT2D eigenvalue weighted by atomic mass is 10.1. The number of aryl methyl sites for hydroxylation is 1. The van der Waals surface area contributed by atoms with Crippen molar-refractivity contribution in [2.75, 3.05) is 33.2 Å². The number of carbonyl (C=O) groups excluding carboxylic acids is 3. The van der Waals surface area contributed by atoms with Crippen LogP contribution in [0.1, 0.15) is 16.7 Å². The number of amides is 3. The molecular formula is C16H23N3O3S. The Balaban J connectivity index is 2.09. The third-order valence-electron chi connectivity index (χ3n) is 4.06. The van der Waals surface area contributed by atoms with Gasteiger partial charge in [0.05, 0.1) is 12.3 Å². The second-order valence-electron chi connectivity index (χ2n) is 5.81. The number of carbonyl (C=O) groups is 3. The average molecular weight is 337 g/mol. The standard InChI is InChI=1S/C16H23N3O3S/c1-11-4-5-14(23-11)8-15(21)19-7-6-18(12(2)20)9-13(10-19)16(22)17-3/h4-5,13H,6-10H2,1-3H3,(H,17,22)/t13-/m1/s1. The van der Waals surface area contributed by atoms with Gasteiger partial charge in [0, 0.05) is 49.9 Å². The Labute approximate surface area is 140 Å². The van der Waals surface area contributed by atoms with Crippen molar-refractivity contribution >= 4 is 29.1 Å². The molecule has 0 spiro atoms. The van der Waals surface area contributed by atoms with E-state index in [2.05, 4.69) is 5.32 Å². The van der Waals surface area contributed by atoms with Crippen LogP contribution in [-0.2, 0) is 20.8 Å². The molecule has 0 radical (unpaired) electrons. The Morgan fingerprint density at radius 3 is 2.43 bits per heavy atom. The highest BCUT2D eigenvalue weighted by molar-refractivity contribution is 7.12. The van der Waals surface area contributed by atoms with Crippen LogP contribution in [0, 0.1) is 12.8 Å². The van der Waals surface area contributed by atoms with Gasteiger partial charge in [0.2, 0.25) is 17.7 Å². The number of rotatable bonds is 3. The summed E-state index contributed by atoms with van der Waals surface area (Å²) in [6, 6.07) is 3.97. The van der Waals surface area contributed by atoms with Gasteiger partial charge in [0.1, 0.15) is 0 Å². The van der Waals surface area contributed by atoms with Crippen LogP contribution in [0.4, 0.5) is 0 Å². The van der Waals surface area contributed by atoms with Crippen LogP contribution in [0.25, 0.3) is 0 Å². The fourth-order valence-electron chi connectivity index (χ4n) is 2.74. The molecule has 0 aliphatic carbocycles. The van der Waals surface area contributed by atoms with E-state index in [0.29, 0.717) is 32.6 Å². The molecule has 2 heterocycles. The monoisotopic (exact) mass is 337 g/mol. The van der Waals surface area contributed by atoms with Crippen molar-refractivity contribution in [1.29, 1.82) is 0 Å². The molecule has 1 N–H and O–H groups in total. The summed E-state index contributed by atoms with van der Waals surface area (Å²) in [5.74, 6) is -0.587. The maximum absolute atomic E-state index is 12.6. The van der Waals surface area contributed by atoms with Crippen LogP contribution < -0.4 is 5.32 Å². The highest BCUT2D eigenvalue weighted by Crippen LogP contribution is 2.18. The average Bonchev–Trinajstić information content (AvgIpc) is 2.79. The minimum Gasteiger partial charge on any atom is -0.359 e. The van der Waals surface area contributed by atoms with E-state index in [0.717, 1.165) is 4.88 Å². The summed E-state index contributed by atoms with van der Waals surface area (Å²) in [7, 11) is 1.58. The normalized spacial score (nSPS) is 18.5. The van der Waals surface area contributed by atoms with Crippen molar-refractivity contribution in [3.8, 4) is 0 Å². The molecule has 23 heavy (non-hydrogen) atoms. The first-order valence-corrected chi connectivity index (χ1v) is 8.52. The second-order valence-corrected chi connectivity index (χ2v) is 7.18. The first-order valence-electron chi connectivity index (χ1n) is 7.71. The lowest BCUT2D eigenvalue weighted by Crippen LogP contribution is -2.42. The molecule has 0 aromatic carbocycles. The van der Waals surface area contributed by atoms with Crippen molar-refractivity contribution in [3.63, 3.8) is 0 Å². The molecule has 1 aromatic rings. The van der Waals surface area contributed by atoms with E-state index < -0.39 is 0 Å². The molecule has 1 aliphatic rings. The van der Waals surface area contributed by atoms with E-state index in [1.54, 1.807) is 28.2 Å². The fourth-order valence-corrected chi connectivity index (χ4v) is 3.62. The van der Waals surface area contributed by atoms with E-state index >= 15 is 0 Å². The Kier molecular flexibility index (Phi) is 5.76. The van der Waals surface area contributed by atoms with E-state index in [1.165, 1.54) is 11.8 Å². The molecule has 0 unspecified atom stereocenters. The van der Waals surface area contributed by atoms with Crippen LogP contribution in [0.2, 0.25) is 0 Å². The van der Waals surface area contributed by atoms with Gasteiger partial charge in [-0.2, -0.15) is 0 Å². The van der Waals surface area contributed by atoms with Gasteiger partial charge in [-0.05, 0) is 19.1 Å². The summed E-state index contributed by atoms with van der Waals surface area (Å²) in [5, 5.41) is 2.62. The number of hydrogen-bond donors (Lipinski definition) is 1. The molecule has 3 amide bonds. The highest BCUT2D eigenvalue weighted by Gasteiger charge is 2.30. The molecule has 2 rings (SSSR count). The van der Waals surface area contributed by atoms with Crippen molar-refractivity contribution in [2.24, 2.45) is 5.92 Å². The van der Waals surface area contributed by atoms with Crippen LogP contribution >= 0.6 is 11.3 Å². The van der Waals surface area contributed by atoms with E-state index in [4.69, 9.17) is 0 Å². The minimum absolute atomic E-state index is 0.00570.